The number of halogens is 2. The fourth-order valence-electron chi connectivity index (χ4n) is 2.98. The van der Waals surface area contributed by atoms with Crippen LogP contribution in [0.15, 0.2) is 59.1 Å². The van der Waals surface area contributed by atoms with Crippen LogP contribution in [0, 0.1) is 6.92 Å². The van der Waals surface area contributed by atoms with Crippen LogP contribution in [-0.2, 0) is 11.3 Å². The molecule has 3 aromatic rings. The fourth-order valence-corrected chi connectivity index (χ4v) is 3.77. The molecule has 0 radical (unpaired) electrons. The van der Waals surface area contributed by atoms with E-state index in [1.54, 1.807) is 6.07 Å². The molecule has 9 heteroatoms. The lowest BCUT2D eigenvalue weighted by Crippen LogP contribution is -2.20. The molecule has 1 amide bonds. The van der Waals surface area contributed by atoms with Gasteiger partial charge < -0.3 is 25.2 Å². The quantitative estimate of drug-likeness (QED) is 0.324. The minimum absolute atomic E-state index is 0.133. The van der Waals surface area contributed by atoms with E-state index < -0.39 is 5.97 Å². The first-order valence-corrected chi connectivity index (χ1v) is 11.1. The first kappa shape index (κ1) is 24.4. The van der Waals surface area contributed by atoms with Gasteiger partial charge in [-0.2, -0.15) is 0 Å². The van der Waals surface area contributed by atoms with Gasteiger partial charge in [-0.3, -0.25) is 4.79 Å². The van der Waals surface area contributed by atoms with Gasteiger partial charge in [-0.15, -0.1) is 0 Å². The molecule has 0 aromatic heterocycles. The van der Waals surface area contributed by atoms with Crippen molar-refractivity contribution in [2.24, 2.45) is 0 Å². The summed E-state index contributed by atoms with van der Waals surface area (Å²) in [7, 11) is 1.51. The van der Waals surface area contributed by atoms with Crippen molar-refractivity contribution in [1.82, 2.24) is 0 Å². The number of carbonyl (C=O) groups excluding carboxylic acids is 1. The molecule has 172 valence electrons. The van der Waals surface area contributed by atoms with Gasteiger partial charge in [0.05, 0.1) is 27.9 Å². The number of aromatic carboxylic acids is 1. The summed E-state index contributed by atoms with van der Waals surface area (Å²) in [6.45, 7) is 2.13. The molecule has 33 heavy (non-hydrogen) atoms. The zero-order chi connectivity index (χ0) is 24.0. The Hall–Kier alpha value is -3.23. The van der Waals surface area contributed by atoms with Crippen LogP contribution < -0.4 is 20.1 Å². The molecule has 0 aliphatic carbocycles. The molecule has 3 aromatic carbocycles. The number of aryl methyl sites for hydroxylation is 1. The Morgan fingerprint density at radius 3 is 2.48 bits per heavy atom. The van der Waals surface area contributed by atoms with Crippen LogP contribution in [0.1, 0.15) is 21.5 Å². The van der Waals surface area contributed by atoms with E-state index in [1.165, 1.54) is 25.3 Å². The number of anilines is 2. The van der Waals surface area contributed by atoms with Crippen LogP contribution in [-0.4, -0.2) is 30.7 Å². The predicted molar refractivity (Wildman–Crippen MR) is 132 cm³/mol. The van der Waals surface area contributed by atoms with E-state index in [0.717, 1.165) is 11.1 Å². The Balaban J connectivity index is 1.67. The highest BCUT2D eigenvalue weighted by atomic mass is 79.9. The molecule has 3 rings (SSSR count). The van der Waals surface area contributed by atoms with E-state index in [0.29, 0.717) is 38.9 Å². The molecule has 0 heterocycles. The second-order valence-corrected chi connectivity index (χ2v) is 8.43. The SMILES string of the molecule is COc1cc(CNc2cc(C(=O)O)ccc2Cl)cc(Br)c1OCC(=O)Nc1ccc(C)cc1. The summed E-state index contributed by atoms with van der Waals surface area (Å²) < 4.78 is 11.7. The molecule has 0 unspecified atom stereocenters. The van der Waals surface area contributed by atoms with Crippen molar-refractivity contribution in [2.45, 2.75) is 13.5 Å². The third-order valence-electron chi connectivity index (χ3n) is 4.67. The maximum atomic E-state index is 12.3. The number of carboxylic acid groups (broad SMARTS) is 1. The maximum Gasteiger partial charge on any atom is 0.335 e. The van der Waals surface area contributed by atoms with Crippen LogP contribution in [0.4, 0.5) is 11.4 Å². The van der Waals surface area contributed by atoms with Crippen molar-refractivity contribution in [3.63, 3.8) is 0 Å². The molecule has 0 fully saturated rings. The summed E-state index contributed by atoms with van der Waals surface area (Å²) in [6.07, 6.45) is 0. The molecular formula is C24H22BrClN2O5. The fraction of sp³-hybridized carbons (Fsp3) is 0.167. The highest BCUT2D eigenvalue weighted by Gasteiger charge is 2.15. The molecule has 0 aliphatic heterocycles. The molecule has 3 N–H and O–H groups in total. The van der Waals surface area contributed by atoms with E-state index in [-0.39, 0.29) is 18.1 Å². The Morgan fingerprint density at radius 1 is 1.09 bits per heavy atom. The number of rotatable bonds is 9. The van der Waals surface area contributed by atoms with Crippen molar-refractivity contribution in [2.75, 3.05) is 24.4 Å². The van der Waals surface area contributed by atoms with Gasteiger partial charge in [0, 0.05) is 12.2 Å². The van der Waals surface area contributed by atoms with Gasteiger partial charge in [-0.1, -0.05) is 29.3 Å². The van der Waals surface area contributed by atoms with E-state index >= 15 is 0 Å². The summed E-state index contributed by atoms with van der Waals surface area (Å²) in [5.41, 5.74) is 3.25. The van der Waals surface area contributed by atoms with Crippen LogP contribution in [0.5, 0.6) is 11.5 Å². The summed E-state index contributed by atoms with van der Waals surface area (Å²) in [4.78, 5) is 23.5. The third kappa shape index (κ3) is 6.63. The van der Waals surface area contributed by atoms with Crippen LogP contribution >= 0.6 is 27.5 Å². The van der Waals surface area contributed by atoms with Gasteiger partial charge in [0.1, 0.15) is 0 Å². The number of hydrogen-bond acceptors (Lipinski definition) is 5. The molecule has 0 saturated carbocycles. The molecule has 0 bridgehead atoms. The summed E-state index contributed by atoms with van der Waals surface area (Å²) in [5.74, 6) is -0.501. The molecule has 0 saturated heterocycles. The number of carboxylic acids is 1. The highest BCUT2D eigenvalue weighted by molar-refractivity contribution is 9.10. The van der Waals surface area contributed by atoms with Crippen molar-refractivity contribution in [3.8, 4) is 11.5 Å². The summed E-state index contributed by atoms with van der Waals surface area (Å²) in [6, 6.07) is 15.5. The van der Waals surface area contributed by atoms with Gasteiger partial charge >= 0.3 is 5.97 Å². The predicted octanol–water partition coefficient (Wildman–Crippen LogP) is 5.75. The Labute approximate surface area is 204 Å². The molecule has 7 nitrogen and oxygen atoms in total. The smallest absolute Gasteiger partial charge is 0.335 e. The molecule has 0 aliphatic rings. The van der Waals surface area contributed by atoms with Crippen molar-refractivity contribution >= 4 is 50.8 Å². The van der Waals surface area contributed by atoms with Crippen LogP contribution in [0.25, 0.3) is 0 Å². The maximum absolute atomic E-state index is 12.3. The Morgan fingerprint density at radius 2 is 1.82 bits per heavy atom. The van der Waals surface area contributed by atoms with Crippen molar-refractivity contribution in [1.29, 1.82) is 0 Å². The average molecular weight is 534 g/mol. The summed E-state index contributed by atoms with van der Waals surface area (Å²) >= 11 is 9.64. The average Bonchev–Trinajstić information content (AvgIpc) is 2.78. The molecular weight excluding hydrogens is 512 g/mol. The number of hydrogen-bond donors (Lipinski definition) is 3. The lowest BCUT2D eigenvalue weighted by molar-refractivity contribution is -0.118. The number of carbonyl (C=O) groups is 2. The van der Waals surface area contributed by atoms with Gasteiger partial charge in [-0.25, -0.2) is 4.79 Å². The number of ether oxygens (including phenoxy) is 2. The number of nitrogens with one attached hydrogen (secondary N) is 2. The first-order valence-electron chi connectivity index (χ1n) is 9.89. The van der Waals surface area contributed by atoms with Gasteiger partial charge in [0.2, 0.25) is 0 Å². The largest absolute Gasteiger partial charge is 0.493 e. The lowest BCUT2D eigenvalue weighted by atomic mass is 10.1. The van der Waals surface area contributed by atoms with Gasteiger partial charge in [0.25, 0.3) is 5.91 Å². The highest BCUT2D eigenvalue weighted by Crippen LogP contribution is 2.37. The van der Waals surface area contributed by atoms with E-state index in [4.69, 9.17) is 26.2 Å². The Kier molecular flexibility index (Phi) is 8.19. The van der Waals surface area contributed by atoms with Crippen molar-refractivity contribution in [3.05, 3.63) is 80.8 Å². The van der Waals surface area contributed by atoms with E-state index in [9.17, 15) is 9.59 Å². The normalized spacial score (nSPS) is 10.4. The number of benzene rings is 3. The van der Waals surface area contributed by atoms with Crippen LogP contribution in [0.2, 0.25) is 5.02 Å². The number of amides is 1. The first-order chi connectivity index (χ1) is 15.8. The minimum atomic E-state index is -1.04. The van der Waals surface area contributed by atoms with E-state index in [1.807, 2.05) is 37.3 Å². The third-order valence-corrected chi connectivity index (χ3v) is 5.59. The second kappa shape index (κ2) is 11.1. The van der Waals surface area contributed by atoms with E-state index in [2.05, 4.69) is 26.6 Å². The van der Waals surface area contributed by atoms with Crippen molar-refractivity contribution < 1.29 is 24.2 Å². The monoisotopic (exact) mass is 532 g/mol. The zero-order valence-electron chi connectivity index (χ0n) is 17.9. The molecule has 0 atom stereocenters. The molecule has 0 spiro atoms. The van der Waals surface area contributed by atoms with Gasteiger partial charge in [-0.05, 0) is 70.9 Å². The number of methoxy groups -OCH3 is 1. The minimum Gasteiger partial charge on any atom is -0.493 e. The standard InChI is InChI=1S/C24H22BrClN2O5/c1-14-3-6-17(7-4-14)28-22(29)13-33-23-18(25)9-15(10-21(23)32-2)12-27-20-11-16(24(30)31)5-8-19(20)26/h3-11,27H,12-13H2,1-2H3,(H,28,29)(H,30,31). The lowest BCUT2D eigenvalue weighted by Gasteiger charge is -2.15. The zero-order valence-corrected chi connectivity index (χ0v) is 20.3. The topological polar surface area (TPSA) is 96.9 Å². The van der Waals surface area contributed by atoms with Crippen LogP contribution in [0.3, 0.4) is 0 Å². The van der Waals surface area contributed by atoms with Gasteiger partial charge in [0.15, 0.2) is 18.1 Å². The second-order valence-electron chi connectivity index (χ2n) is 7.17. The Bertz CT molecular complexity index is 1170. The summed E-state index contributed by atoms with van der Waals surface area (Å²) in [5, 5.41) is 15.5.